The molecule has 1 aliphatic heterocycles. The Kier molecular flexibility index (Phi) is 8.98. The summed E-state index contributed by atoms with van der Waals surface area (Å²) in [5, 5.41) is 11.9. The highest BCUT2D eigenvalue weighted by atomic mass is 127. The van der Waals surface area contributed by atoms with Crippen LogP contribution in [-0.2, 0) is 30.7 Å². The van der Waals surface area contributed by atoms with E-state index in [0.29, 0.717) is 19.2 Å². The molecular formula is C21H33IN6O2. The van der Waals surface area contributed by atoms with Gasteiger partial charge in [-0.05, 0) is 31.4 Å². The lowest BCUT2D eigenvalue weighted by atomic mass is 9.96. The fourth-order valence-corrected chi connectivity index (χ4v) is 4.17. The summed E-state index contributed by atoms with van der Waals surface area (Å²) in [5.41, 5.74) is 0. The first-order valence-corrected chi connectivity index (χ1v) is 10.8. The van der Waals surface area contributed by atoms with E-state index < -0.39 is 0 Å². The number of aromatic nitrogens is 3. The van der Waals surface area contributed by atoms with Gasteiger partial charge in [0, 0.05) is 38.6 Å². The maximum Gasteiger partial charge on any atom is 0.191 e. The molecule has 8 nitrogen and oxygen atoms in total. The summed E-state index contributed by atoms with van der Waals surface area (Å²) in [7, 11) is 1.67. The van der Waals surface area contributed by atoms with E-state index in [2.05, 4.69) is 20.7 Å². The molecule has 0 radical (unpaired) electrons. The lowest BCUT2D eigenvalue weighted by Crippen LogP contribution is -2.50. The van der Waals surface area contributed by atoms with Crippen LogP contribution in [-0.4, -0.2) is 46.5 Å². The Morgan fingerprint density at radius 3 is 2.83 bits per heavy atom. The molecule has 0 bridgehead atoms. The number of aliphatic imine (C=N–C) groups is 1. The standard InChI is InChI=1S/C21H32N6O2.HI/c1-28-15-19-25-20-10-9-17(14-27(20)26-19)24-21(23-16-6-3-2-4-7-16)22-12-11-18-8-5-13-29-18;/h5,8,13,16-17H,2-4,6-7,9-12,14-15H2,1H3,(H2,22,23,24);1H. The molecule has 2 aliphatic rings. The van der Waals surface area contributed by atoms with Crippen molar-refractivity contribution < 1.29 is 9.15 Å². The second kappa shape index (κ2) is 11.7. The van der Waals surface area contributed by atoms with Crippen molar-refractivity contribution in [2.45, 2.75) is 76.6 Å². The van der Waals surface area contributed by atoms with Crippen molar-refractivity contribution in [1.82, 2.24) is 25.4 Å². The Morgan fingerprint density at radius 2 is 2.07 bits per heavy atom. The van der Waals surface area contributed by atoms with Crippen LogP contribution in [0.15, 0.2) is 27.8 Å². The first-order chi connectivity index (χ1) is 14.3. The maximum atomic E-state index is 5.44. The van der Waals surface area contributed by atoms with Gasteiger partial charge in [0.05, 0.1) is 12.8 Å². The average molecular weight is 528 g/mol. The van der Waals surface area contributed by atoms with Crippen molar-refractivity contribution in [3.05, 3.63) is 35.8 Å². The van der Waals surface area contributed by atoms with E-state index in [9.17, 15) is 0 Å². The van der Waals surface area contributed by atoms with E-state index in [1.54, 1.807) is 13.4 Å². The largest absolute Gasteiger partial charge is 0.469 e. The molecule has 2 N–H and O–H groups in total. The molecule has 30 heavy (non-hydrogen) atoms. The number of ether oxygens (including phenoxy) is 1. The molecule has 2 aromatic rings. The third-order valence-corrected chi connectivity index (χ3v) is 5.67. The summed E-state index contributed by atoms with van der Waals surface area (Å²) in [6, 6.07) is 4.73. The minimum absolute atomic E-state index is 0. The first-order valence-electron chi connectivity index (χ1n) is 10.8. The highest BCUT2D eigenvalue weighted by Crippen LogP contribution is 2.18. The second-order valence-electron chi connectivity index (χ2n) is 7.98. The van der Waals surface area contributed by atoms with Crippen LogP contribution in [0.5, 0.6) is 0 Å². The minimum Gasteiger partial charge on any atom is -0.469 e. The van der Waals surface area contributed by atoms with Gasteiger partial charge in [0.2, 0.25) is 0 Å². The summed E-state index contributed by atoms with van der Waals surface area (Å²) < 4.78 is 12.6. The Morgan fingerprint density at radius 1 is 1.23 bits per heavy atom. The van der Waals surface area contributed by atoms with Crippen molar-refractivity contribution in [1.29, 1.82) is 0 Å². The Balaban J connectivity index is 0.00000256. The molecule has 1 atom stereocenters. The number of rotatable bonds is 7. The predicted molar refractivity (Wildman–Crippen MR) is 126 cm³/mol. The van der Waals surface area contributed by atoms with Crippen LogP contribution in [0.4, 0.5) is 0 Å². The molecular weight excluding hydrogens is 495 g/mol. The molecule has 166 valence electrons. The average Bonchev–Trinajstić information content (AvgIpc) is 3.38. The van der Waals surface area contributed by atoms with Crippen molar-refractivity contribution in [2.24, 2.45) is 4.99 Å². The SMILES string of the molecule is COCc1nc2n(n1)CC(NC(=NCCc1ccco1)NC1CCCCC1)CC2.I. The number of nitrogens with one attached hydrogen (secondary N) is 2. The zero-order chi connectivity index (χ0) is 19.9. The lowest BCUT2D eigenvalue weighted by molar-refractivity contribution is 0.177. The first kappa shape index (κ1) is 23.1. The zero-order valence-corrected chi connectivity index (χ0v) is 20.0. The molecule has 1 saturated carbocycles. The van der Waals surface area contributed by atoms with Gasteiger partial charge in [-0.25, -0.2) is 9.67 Å². The highest BCUT2D eigenvalue weighted by Gasteiger charge is 2.23. The molecule has 0 saturated heterocycles. The van der Waals surface area contributed by atoms with Crippen LogP contribution in [0.1, 0.15) is 55.9 Å². The molecule has 1 unspecified atom stereocenters. The van der Waals surface area contributed by atoms with E-state index in [0.717, 1.165) is 49.2 Å². The van der Waals surface area contributed by atoms with Gasteiger partial charge in [0.1, 0.15) is 18.2 Å². The van der Waals surface area contributed by atoms with Crippen LogP contribution in [0.25, 0.3) is 0 Å². The molecule has 0 aromatic carbocycles. The van der Waals surface area contributed by atoms with Crippen molar-refractivity contribution in [2.75, 3.05) is 13.7 Å². The van der Waals surface area contributed by atoms with E-state index in [1.165, 1.54) is 32.1 Å². The number of halogens is 1. The van der Waals surface area contributed by atoms with Crippen LogP contribution >= 0.6 is 24.0 Å². The molecule has 9 heteroatoms. The van der Waals surface area contributed by atoms with Crippen molar-refractivity contribution in [3.63, 3.8) is 0 Å². The van der Waals surface area contributed by atoms with Crippen LogP contribution in [0.2, 0.25) is 0 Å². The van der Waals surface area contributed by atoms with Crippen molar-refractivity contribution >= 4 is 29.9 Å². The van der Waals surface area contributed by atoms with Gasteiger partial charge in [-0.1, -0.05) is 19.3 Å². The molecule has 1 fully saturated rings. The smallest absolute Gasteiger partial charge is 0.191 e. The summed E-state index contributed by atoms with van der Waals surface area (Å²) in [5.74, 6) is 3.69. The molecule has 0 amide bonds. The van der Waals surface area contributed by atoms with Gasteiger partial charge < -0.3 is 19.8 Å². The third kappa shape index (κ3) is 6.44. The number of furan rings is 1. The number of methoxy groups -OCH3 is 1. The van der Waals surface area contributed by atoms with E-state index in [-0.39, 0.29) is 30.0 Å². The maximum absolute atomic E-state index is 5.44. The zero-order valence-electron chi connectivity index (χ0n) is 17.7. The van der Waals surface area contributed by atoms with Gasteiger partial charge in [0.25, 0.3) is 0 Å². The quantitative estimate of drug-likeness (QED) is 0.326. The molecule has 4 rings (SSSR count). The number of nitrogens with zero attached hydrogens (tertiary/aromatic N) is 4. The van der Waals surface area contributed by atoms with Crippen LogP contribution in [0.3, 0.4) is 0 Å². The number of guanidine groups is 1. The van der Waals surface area contributed by atoms with E-state index in [1.807, 2.05) is 16.8 Å². The Hall–Kier alpha value is -1.62. The minimum atomic E-state index is 0. The highest BCUT2D eigenvalue weighted by molar-refractivity contribution is 14.0. The lowest BCUT2D eigenvalue weighted by Gasteiger charge is -2.29. The summed E-state index contributed by atoms with van der Waals surface area (Å²) in [6.07, 6.45) is 10.8. The molecule has 2 aromatic heterocycles. The normalized spacial score (nSPS) is 19.8. The predicted octanol–water partition coefficient (Wildman–Crippen LogP) is 3.06. The van der Waals surface area contributed by atoms with Gasteiger partial charge >= 0.3 is 0 Å². The molecule has 1 aliphatic carbocycles. The molecule has 3 heterocycles. The second-order valence-corrected chi connectivity index (χ2v) is 7.98. The fourth-order valence-electron chi connectivity index (χ4n) is 4.17. The van der Waals surface area contributed by atoms with E-state index in [4.69, 9.17) is 14.1 Å². The van der Waals surface area contributed by atoms with E-state index >= 15 is 0 Å². The van der Waals surface area contributed by atoms with Crippen LogP contribution < -0.4 is 10.6 Å². The van der Waals surface area contributed by atoms with Gasteiger partial charge in [-0.3, -0.25) is 4.99 Å². The van der Waals surface area contributed by atoms with Gasteiger partial charge in [-0.15, -0.1) is 24.0 Å². The number of hydrogen-bond acceptors (Lipinski definition) is 5. The monoisotopic (exact) mass is 528 g/mol. The number of hydrogen-bond donors (Lipinski definition) is 2. The van der Waals surface area contributed by atoms with Crippen molar-refractivity contribution in [3.8, 4) is 0 Å². The van der Waals surface area contributed by atoms with Crippen LogP contribution in [0, 0.1) is 0 Å². The Bertz CT molecular complexity index is 786. The van der Waals surface area contributed by atoms with Gasteiger partial charge in [0.15, 0.2) is 11.8 Å². The van der Waals surface area contributed by atoms with Gasteiger partial charge in [-0.2, -0.15) is 5.10 Å². The summed E-state index contributed by atoms with van der Waals surface area (Å²) >= 11 is 0. The fraction of sp³-hybridized carbons (Fsp3) is 0.667. The summed E-state index contributed by atoms with van der Waals surface area (Å²) in [4.78, 5) is 9.42. The summed E-state index contributed by atoms with van der Waals surface area (Å²) in [6.45, 7) is 1.96. The Labute approximate surface area is 195 Å². The number of fused-ring (bicyclic) bond motifs is 1. The topological polar surface area (TPSA) is 89.5 Å². The number of aryl methyl sites for hydroxylation is 1. The third-order valence-electron chi connectivity index (χ3n) is 5.67. The molecule has 0 spiro atoms.